The first-order valence-electron chi connectivity index (χ1n) is 4.56. The van der Waals surface area contributed by atoms with E-state index in [1.807, 2.05) is 12.4 Å². The van der Waals surface area contributed by atoms with Gasteiger partial charge in [-0.1, -0.05) is 0 Å². The lowest BCUT2D eigenvalue weighted by Crippen LogP contribution is -2.32. The second kappa shape index (κ2) is 2.81. The van der Waals surface area contributed by atoms with Gasteiger partial charge in [-0.05, 0) is 26.7 Å². The normalized spacial score (nSPS) is 29.7. The third-order valence-electron chi connectivity index (χ3n) is 2.73. The van der Waals surface area contributed by atoms with Crippen molar-refractivity contribution in [2.75, 3.05) is 4.90 Å². The molecule has 0 bridgehead atoms. The zero-order chi connectivity index (χ0) is 8.55. The number of hydrogen-bond acceptors (Lipinski definition) is 2. The summed E-state index contributed by atoms with van der Waals surface area (Å²) in [5, 5.41) is 6.83. The first-order chi connectivity index (χ1) is 5.79. The minimum Gasteiger partial charge on any atom is -0.364 e. The maximum Gasteiger partial charge on any atom is 0.0754 e. The lowest BCUT2D eigenvalue weighted by atomic mass is 10.2. The van der Waals surface area contributed by atoms with Gasteiger partial charge in [0, 0.05) is 18.3 Å². The van der Waals surface area contributed by atoms with E-state index in [0.29, 0.717) is 12.1 Å². The Morgan fingerprint density at radius 2 is 2.08 bits per heavy atom. The molecule has 1 aliphatic heterocycles. The largest absolute Gasteiger partial charge is 0.364 e. The van der Waals surface area contributed by atoms with E-state index in [-0.39, 0.29) is 0 Å². The zero-order valence-electron chi connectivity index (χ0n) is 7.62. The van der Waals surface area contributed by atoms with Crippen LogP contribution in [0.15, 0.2) is 12.4 Å². The Kier molecular flexibility index (Phi) is 1.79. The molecule has 0 aliphatic carbocycles. The summed E-state index contributed by atoms with van der Waals surface area (Å²) in [7, 11) is 0. The van der Waals surface area contributed by atoms with Crippen LogP contribution in [0.2, 0.25) is 0 Å². The monoisotopic (exact) mass is 165 g/mol. The fraction of sp³-hybridized carbons (Fsp3) is 0.667. The molecule has 66 valence electrons. The molecule has 1 aromatic heterocycles. The minimum absolute atomic E-state index is 0.664. The fourth-order valence-corrected chi connectivity index (χ4v) is 2.09. The second-order valence-electron chi connectivity index (χ2n) is 3.64. The van der Waals surface area contributed by atoms with Crippen LogP contribution in [-0.2, 0) is 0 Å². The first-order valence-corrected chi connectivity index (χ1v) is 4.56. The van der Waals surface area contributed by atoms with Gasteiger partial charge >= 0.3 is 0 Å². The summed E-state index contributed by atoms with van der Waals surface area (Å²) >= 11 is 0. The number of rotatable bonds is 1. The highest BCUT2D eigenvalue weighted by Crippen LogP contribution is 2.28. The summed E-state index contributed by atoms with van der Waals surface area (Å²) in [5.41, 5.74) is 1.23. The molecular formula is C9H15N3. The van der Waals surface area contributed by atoms with Gasteiger partial charge in [-0.3, -0.25) is 5.10 Å². The summed E-state index contributed by atoms with van der Waals surface area (Å²) in [6, 6.07) is 1.33. The van der Waals surface area contributed by atoms with E-state index in [1.165, 1.54) is 18.5 Å². The zero-order valence-corrected chi connectivity index (χ0v) is 7.62. The third-order valence-corrected chi connectivity index (χ3v) is 2.73. The summed E-state index contributed by atoms with van der Waals surface area (Å²) in [6.45, 7) is 4.55. The number of H-pyrrole nitrogens is 1. The molecule has 1 N–H and O–H groups in total. The number of aromatic nitrogens is 2. The minimum atomic E-state index is 0.664. The molecule has 0 amide bonds. The van der Waals surface area contributed by atoms with Crippen LogP contribution in [0, 0.1) is 0 Å². The summed E-state index contributed by atoms with van der Waals surface area (Å²) in [4.78, 5) is 2.43. The number of nitrogens with one attached hydrogen (secondary N) is 1. The van der Waals surface area contributed by atoms with E-state index in [1.54, 1.807) is 0 Å². The van der Waals surface area contributed by atoms with Crippen molar-refractivity contribution in [1.82, 2.24) is 10.2 Å². The van der Waals surface area contributed by atoms with Crippen molar-refractivity contribution in [2.45, 2.75) is 38.8 Å². The van der Waals surface area contributed by atoms with Gasteiger partial charge in [-0.25, -0.2) is 0 Å². The van der Waals surface area contributed by atoms with Crippen molar-refractivity contribution >= 4 is 5.69 Å². The van der Waals surface area contributed by atoms with Crippen molar-refractivity contribution in [3.8, 4) is 0 Å². The van der Waals surface area contributed by atoms with Gasteiger partial charge in [-0.2, -0.15) is 5.10 Å². The number of nitrogens with zero attached hydrogens (tertiary/aromatic N) is 2. The van der Waals surface area contributed by atoms with Crippen molar-refractivity contribution in [2.24, 2.45) is 0 Å². The van der Waals surface area contributed by atoms with E-state index in [2.05, 4.69) is 28.9 Å². The van der Waals surface area contributed by atoms with Crippen LogP contribution < -0.4 is 4.90 Å². The average molecular weight is 165 g/mol. The van der Waals surface area contributed by atoms with Gasteiger partial charge in [0.1, 0.15) is 0 Å². The van der Waals surface area contributed by atoms with E-state index in [0.717, 1.165) is 0 Å². The molecule has 1 aliphatic rings. The Balaban J connectivity index is 2.22. The predicted molar refractivity (Wildman–Crippen MR) is 49.2 cm³/mol. The Bertz CT molecular complexity index is 232. The van der Waals surface area contributed by atoms with Crippen LogP contribution in [0.1, 0.15) is 26.7 Å². The average Bonchev–Trinajstić information content (AvgIpc) is 2.61. The molecular weight excluding hydrogens is 150 g/mol. The standard InChI is InChI=1S/C9H15N3/c1-7-3-4-8(2)12(7)9-5-10-11-6-9/h5-8H,3-4H2,1-2H3,(H,10,11)/t7-,8+. The number of hydrogen-bond donors (Lipinski definition) is 1. The van der Waals surface area contributed by atoms with Crippen LogP contribution >= 0.6 is 0 Å². The molecule has 1 saturated heterocycles. The molecule has 3 heteroatoms. The van der Waals surface area contributed by atoms with Gasteiger partial charge in [0.2, 0.25) is 0 Å². The summed E-state index contributed by atoms with van der Waals surface area (Å²) in [6.07, 6.45) is 6.47. The summed E-state index contributed by atoms with van der Waals surface area (Å²) < 4.78 is 0. The van der Waals surface area contributed by atoms with Gasteiger partial charge in [-0.15, -0.1) is 0 Å². The molecule has 1 fully saturated rings. The number of aromatic amines is 1. The topological polar surface area (TPSA) is 31.9 Å². The highest BCUT2D eigenvalue weighted by Gasteiger charge is 2.27. The third kappa shape index (κ3) is 1.09. The highest BCUT2D eigenvalue weighted by atomic mass is 15.2. The van der Waals surface area contributed by atoms with E-state index < -0.39 is 0 Å². The molecule has 0 radical (unpaired) electrons. The molecule has 3 nitrogen and oxygen atoms in total. The molecule has 2 atom stereocenters. The molecule has 0 saturated carbocycles. The van der Waals surface area contributed by atoms with Gasteiger partial charge < -0.3 is 4.90 Å². The van der Waals surface area contributed by atoms with E-state index in [9.17, 15) is 0 Å². The molecule has 12 heavy (non-hydrogen) atoms. The van der Waals surface area contributed by atoms with Gasteiger partial charge in [0.05, 0.1) is 11.9 Å². The SMILES string of the molecule is C[C@@H]1CC[C@H](C)N1c1cn[nH]c1. The van der Waals surface area contributed by atoms with Crippen molar-refractivity contribution in [1.29, 1.82) is 0 Å². The quantitative estimate of drug-likeness (QED) is 0.688. The molecule has 0 aromatic carbocycles. The van der Waals surface area contributed by atoms with Crippen molar-refractivity contribution in [3.05, 3.63) is 12.4 Å². The van der Waals surface area contributed by atoms with Crippen LogP contribution in [-0.4, -0.2) is 22.3 Å². The van der Waals surface area contributed by atoms with Crippen LogP contribution in [0.4, 0.5) is 5.69 Å². The maximum absolute atomic E-state index is 3.97. The number of anilines is 1. The van der Waals surface area contributed by atoms with Crippen LogP contribution in [0.5, 0.6) is 0 Å². The highest BCUT2D eigenvalue weighted by molar-refractivity contribution is 5.45. The molecule has 1 aromatic rings. The van der Waals surface area contributed by atoms with Crippen molar-refractivity contribution in [3.63, 3.8) is 0 Å². The van der Waals surface area contributed by atoms with Gasteiger partial charge in [0.25, 0.3) is 0 Å². The molecule has 0 unspecified atom stereocenters. The Morgan fingerprint density at radius 3 is 2.58 bits per heavy atom. The molecule has 2 rings (SSSR count). The van der Waals surface area contributed by atoms with Crippen LogP contribution in [0.25, 0.3) is 0 Å². The van der Waals surface area contributed by atoms with E-state index in [4.69, 9.17) is 0 Å². The first kappa shape index (κ1) is 7.65. The van der Waals surface area contributed by atoms with Crippen LogP contribution in [0.3, 0.4) is 0 Å². The predicted octanol–water partition coefficient (Wildman–Crippen LogP) is 1.79. The molecule has 2 heterocycles. The second-order valence-corrected chi connectivity index (χ2v) is 3.64. The summed E-state index contributed by atoms with van der Waals surface area (Å²) in [5.74, 6) is 0. The Labute approximate surface area is 72.8 Å². The Hall–Kier alpha value is -0.990. The lowest BCUT2D eigenvalue weighted by Gasteiger charge is -2.26. The smallest absolute Gasteiger partial charge is 0.0754 e. The molecule has 0 spiro atoms. The van der Waals surface area contributed by atoms with E-state index >= 15 is 0 Å². The maximum atomic E-state index is 3.97. The van der Waals surface area contributed by atoms with Crippen molar-refractivity contribution < 1.29 is 0 Å². The lowest BCUT2D eigenvalue weighted by molar-refractivity contribution is 0.694. The Morgan fingerprint density at radius 1 is 1.42 bits per heavy atom. The van der Waals surface area contributed by atoms with Gasteiger partial charge in [0.15, 0.2) is 0 Å². The fourth-order valence-electron chi connectivity index (χ4n) is 2.09.